The van der Waals surface area contributed by atoms with Crippen LogP contribution in [0.15, 0.2) is 87.9 Å². The summed E-state index contributed by atoms with van der Waals surface area (Å²) in [6, 6.07) is 20.7. The molecule has 0 saturated heterocycles. The van der Waals surface area contributed by atoms with Crippen LogP contribution in [0.1, 0.15) is 21.6 Å². The number of thioether (sulfide) groups is 1. The van der Waals surface area contributed by atoms with Gasteiger partial charge < -0.3 is 4.57 Å². The van der Waals surface area contributed by atoms with Gasteiger partial charge in [0, 0.05) is 40.5 Å². The van der Waals surface area contributed by atoms with E-state index >= 15 is 0 Å². The normalized spacial score (nSPS) is 16.7. The van der Waals surface area contributed by atoms with Gasteiger partial charge in [-0.2, -0.15) is 15.1 Å². The van der Waals surface area contributed by atoms with Crippen LogP contribution in [-0.2, 0) is 17.8 Å². The molecule has 0 atom stereocenters. The molecule has 1 amide bonds. The van der Waals surface area contributed by atoms with Gasteiger partial charge in [-0.1, -0.05) is 54.1 Å². The Kier molecular flexibility index (Phi) is 5.47. The van der Waals surface area contributed by atoms with Crippen molar-refractivity contribution in [2.75, 3.05) is 0 Å². The van der Waals surface area contributed by atoms with Gasteiger partial charge in [-0.25, -0.2) is 0 Å². The van der Waals surface area contributed by atoms with Crippen molar-refractivity contribution in [1.82, 2.24) is 9.58 Å². The number of carbonyl (C=O) groups excluding carboxylic acids is 1. The van der Waals surface area contributed by atoms with E-state index in [9.17, 15) is 4.79 Å². The van der Waals surface area contributed by atoms with Crippen molar-refractivity contribution >= 4 is 62.0 Å². The summed E-state index contributed by atoms with van der Waals surface area (Å²) in [5.74, 6) is -0.346. The Labute approximate surface area is 210 Å². The Hall–Kier alpha value is -3.75. The highest BCUT2D eigenvalue weighted by Gasteiger charge is 2.35. The van der Waals surface area contributed by atoms with Crippen molar-refractivity contribution in [2.24, 2.45) is 10.1 Å². The molecule has 0 spiro atoms. The third kappa shape index (κ3) is 4.15. The van der Waals surface area contributed by atoms with E-state index in [0.717, 1.165) is 28.1 Å². The number of para-hydroxylation sites is 1. The Balaban J connectivity index is 1.35. The van der Waals surface area contributed by atoms with Crippen LogP contribution < -0.4 is 0 Å². The van der Waals surface area contributed by atoms with Gasteiger partial charge in [0.25, 0.3) is 5.91 Å². The number of aliphatic imine (C=N–C) groups is 1. The average molecular weight is 496 g/mol. The number of aryl methyl sites for hydroxylation is 1. The molecule has 4 aromatic rings. The van der Waals surface area contributed by atoms with Gasteiger partial charge in [-0.3, -0.25) is 10.2 Å². The minimum Gasteiger partial charge on any atom is -0.342 e. The Morgan fingerprint density at radius 1 is 1.09 bits per heavy atom. The number of amidine groups is 2. The molecule has 0 unspecified atom stereocenters. The van der Waals surface area contributed by atoms with Crippen molar-refractivity contribution in [3.05, 3.63) is 99.4 Å². The highest BCUT2D eigenvalue weighted by atomic mass is 32.2. The lowest BCUT2D eigenvalue weighted by Crippen LogP contribution is -2.35. The summed E-state index contributed by atoms with van der Waals surface area (Å²) in [6.45, 7) is 2.81. The first-order chi connectivity index (χ1) is 17.0. The predicted molar refractivity (Wildman–Crippen MR) is 145 cm³/mol. The van der Waals surface area contributed by atoms with E-state index < -0.39 is 5.91 Å². The SMILES string of the molecule is Cc1cccc(Cn2cc(/C=C3/C(=N)N4N=C(Cc5cccs5)SC4=NC3=O)c3ccccc32)c1. The van der Waals surface area contributed by atoms with Crippen LogP contribution in [0.4, 0.5) is 0 Å². The van der Waals surface area contributed by atoms with Gasteiger partial charge in [0.15, 0.2) is 5.84 Å². The summed E-state index contributed by atoms with van der Waals surface area (Å²) in [4.78, 5) is 18.4. The molecule has 4 heterocycles. The first kappa shape index (κ1) is 21.8. The maximum absolute atomic E-state index is 13.0. The van der Waals surface area contributed by atoms with E-state index in [2.05, 4.69) is 58.0 Å². The fraction of sp³-hybridized carbons (Fsp3) is 0.111. The highest BCUT2D eigenvalue weighted by molar-refractivity contribution is 8.27. The number of hydrazone groups is 1. The summed E-state index contributed by atoms with van der Waals surface area (Å²) in [5, 5.41) is 19.2. The van der Waals surface area contributed by atoms with E-state index in [4.69, 9.17) is 5.41 Å². The summed E-state index contributed by atoms with van der Waals surface area (Å²) < 4.78 is 2.19. The van der Waals surface area contributed by atoms with Crippen LogP contribution in [0.25, 0.3) is 17.0 Å². The van der Waals surface area contributed by atoms with Crippen LogP contribution in [0.5, 0.6) is 0 Å². The largest absolute Gasteiger partial charge is 0.342 e. The van der Waals surface area contributed by atoms with Crippen LogP contribution in [0.2, 0.25) is 0 Å². The van der Waals surface area contributed by atoms with Crippen molar-refractivity contribution in [3.8, 4) is 0 Å². The third-order valence-corrected chi connectivity index (χ3v) is 7.74. The van der Waals surface area contributed by atoms with Gasteiger partial charge >= 0.3 is 0 Å². The fourth-order valence-electron chi connectivity index (χ4n) is 4.35. The van der Waals surface area contributed by atoms with Crippen LogP contribution >= 0.6 is 23.1 Å². The summed E-state index contributed by atoms with van der Waals surface area (Å²) in [6.07, 6.45) is 4.49. The number of carbonyl (C=O) groups is 1. The molecule has 1 N–H and O–H groups in total. The van der Waals surface area contributed by atoms with E-state index in [0.29, 0.717) is 11.6 Å². The van der Waals surface area contributed by atoms with Crippen LogP contribution in [0.3, 0.4) is 0 Å². The molecule has 0 aliphatic carbocycles. The third-order valence-electron chi connectivity index (χ3n) is 5.96. The number of hydrogen-bond donors (Lipinski definition) is 1. The quantitative estimate of drug-likeness (QED) is 0.349. The minimum atomic E-state index is -0.406. The lowest BCUT2D eigenvalue weighted by atomic mass is 10.1. The summed E-state index contributed by atoms with van der Waals surface area (Å²) in [5.41, 5.74) is 4.64. The Morgan fingerprint density at radius 2 is 1.97 bits per heavy atom. The summed E-state index contributed by atoms with van der Waals surface area (Å²) >= 11 is 3.02. The zero-order chi connectivity index (χ0) is 23.9. The molecule has 0 radical (unpaired) electrons. The number of rotatable bonds is 5. The molecule has 2 aliphatic rings. The second-order valence-electron chi connectivity index (χ2n) is 8.49. The van der Waals surface area contributed by atoms with E-state index in [1.807, 2.05) is 35.8 Å². The number of fused-ring (bicyclic) bond motifs is 2. The Morgan fingerprint density at radius 3 is 2.80 bits per heavy atom. The van der Waals surface area contributed by atoms with Gasteiger partial charge in [-0.05, 0) is 47.8 Å². The molecular formula is C27H21N5OS2. The molecule has 35 heavy (non-hydrogen) atoms. The van der Waals surface area contributed by atoms with E-state index in [1.165, 1.54) is 32.8 Å². The average Bonchev–Trinajstić information content (AvgIpc) is 3.57. The van der Waals surface area contributed by atoms with Crippen LogP contribution in [0, 0.1) is 12.3 Å². The maximum Gasteiger partial charge on any atom is 0.283 e. The lowest BCUT2D eigenvalue weighted by molar-refractivity contribution is -0.114. The molecule has 2 aromatic carbocycles. The van der Waals surface area contributed by atoms with Gasteiger partial charge in [0.05, 0.1) is 5.57 Å². The van der Waals surface area contributed by atoms with Crippen molar-refractivity contribution in [2.45, 2.75) is 19.9 Å². The number of amides is 1. The fourth-order valence-corrected chi connectivity index (χ4v) is 6.06. The zero-order valence-electron chi connectivity index (χ0n) is 18.9. The number of aromatic nitrogens is 1. The smallest absolute Gasteiger partial charge is 0.283 e. The zero-order valence-corrected chi connectivity index (χ0v) is 20.6. The monoisotopic (exact) mass is 495 g/mol. The molecule has 0 fully saturated rings. The molecular weight excluding hydrogens is 474 g/mol. The number of thiophene rings is 1. The highest BCUT2D eigenvalue weighted by Crippen LogP contribution is 2.31. The van der Waals surface area contributed by atoms with E-state index in [1.54, 1.807) is 17.4 Å². The van der Waals surface area contributed by atoms with Crippen molar-refractivity contribution in [3.63, 3.8) is 0 Å². The van der Waals surface area contributed by atoms with Gasteiger partial charge in [0.1, 0.15) is 5.04 Å². The van der Waals surface area contributed by atoms with Crippen molar-refractivity contribution in [1.29, 1.82) is 5.41 Å². The molecule has 6 nitrogen and oxygen atoms in total. The van der Waals surface area contributed by atoms with Crippen molar-refractivity contribution < 1.29 is 4.79 Å². The second kappa shape index (κ2) is 8.79. The standard InChI is InChI=1S/C27H21N5OS2/c1-17-6-4-7-18(12-17)15-31-16-19(21-9-2-3-10-23(21)31)13-22-25(28)32-27(29-26(22)33)35-24(30-32)14-20-8-5-11-34-20/h2-13,16,28H,14-15H2,1H3/b22-13-,28-25?. The van der Waals surface area contributed by atoms with E-state index in [-0.39, 0.29) is 11.4 Å². The number of nitrogens with zero attached hydrogens (tertiary/aromatic N) is 4. The first-order valence-electron chi connectivity index (χ1n) is 11.2. The van der Waals surface area contributed by atoms with Gasteiger partial charge in [0.2, 0.25) is 5.17 Å². The lowest BCUT2D eigenvalue weighted by Gasteiger charge is -2.20. The number of hydrogen-bond acceptors (Lipinski definition) is 5. The first-order valence-corrected chi connectivity index (χ1v) is 12.9. The molecule has 0 saturated carbocycles. The number of nitrogens with one attached hydrogen (secondary N) is 1. The number of benzene rings is 2. The molecule has 6 rings (SSSR count). The Bertz CT molecular complexity index is 1580. The predicted octanol–water partition coefficient (Wildman–Crippen LogP) is 5.92. The minimum absolute atomic E-state index is 0.0594. The maximum atomic E-state index is 13.0. The molecule has 2 aliphatic heterocycles. The molecule has 2 aromatic heterocycles. The molecule has 0 bridgehead atoms. The van der Waals surface area contributed by atoms with Gasteiger partial charge in [-0.15, -0.1) is 11.3 Å². The second-order valence-corrected chi connectivity index (χ2v) is 10.6. The molecule has 8 heteroatoms. The van der Waals surface area contributed by atoms with Crippen LogP contribution in [-0.4, -0.2) is 31.5 Å². The summed E-state index contributed by atoms with van der Waals surface area (Å²) in [7, 11) is 0. The molecule has 172 valence electrons. The topological polar surface area (TPSA) is 73.8 Å².